The minimum absolute atomic E-state index is 0.501. The third kappa shape index (κ3) is 8.73. The lowest BCUT2D eigenvalue weighted by Crippen LogP contribution is -2.48. The van der Waals surface area contributed by atoms with Gasteiger partial charge >= 0.3 is 0 Å². The molecule has 0 aliphatic heterocycles. The molecule has 4 nitrogen and oxygen atoms in total. The fourth-order valence-corrected chi connectivity index (χ4v) is 3.15. The summed E-state index contributed by atoms with van der Waals surface area (Å²) in [5.41, 5.74) is 0. The van der Waals surface area contributed by atoms with Crippen LogP contribution in [0.2, 0.25) is 0 Å². The highest BCUT2D eigenvalue weighted by Gasteiger charge is 2.21. The fourth-order valence-electron chi connectivity index (χ4n) is 2.61. The summed E-state index contributed by atoms with van der Waals surface area (Å²) in [5.74, 6) is 0. The topological polar surface area (TPSA) is 48.1 Å². The van der Waals surface area contributed by atoms with Gasteiger partial charge in [0, 0.05) is 25.2 Å². The zero-order valence-corrected chi connectivity index (χ0v) is 15.7. The molecule has 1 aliphatic carbocycles. The molecule has 128 valence electrons. The Morgan fingerprint density at radius 3 is 1.45 bits per heavy atom. The lowest BCUT2D eigenvalue weighted by molar-refractivity contribution is 0.353. The molecule has 0 aromatic rings. The Morgan fingerprint density at radius 2 is 1.14 bits per heavy atom. The molecule has 1 saturated carbocycles. The lowest BCUT2D eigenvalue weighted by atomic mass is 9.91. The van der Waals surface area contributed by atoms with E-state index < -0.39 is 0 Å². The summed E-state index contributed by atoms with van der Waals surface area (Å²) >= 11 is 10.7. The summed E-state index contributed by atoms with van der Waals surface area (Å²) in [5, 5.41) is 15.0. The van der Waals surface area contributed by atoms with E-state index in [-0.39, 0.29) is 0 Å². The van der Waals surface area contributed by atoms with Gasteiger partial charge in [0.2, 0.25) is 0 Å². The van der Waals surface area contributed by atoms with E-state index in [1.807, 2.05) is 0 Å². The van der Waals surface area contributed by atoms with Gasteiger partial charge in [-0.2, -0.15) is 0 Å². The smallest absolute Gasteiger partial charge is 0.166 e. The molecule has 0 amide bonds. The first kappa shape index (κ1) is 19.4. The predicted molar refractivity (Wildman–Crippen MR) is 103 cm³/mol. The van der Waals surface area contributed by atoms with E-state index >= 15 is 0 Å². The van der Waals surface area contributed by atoms with Crippen LogP contribution < -0.4 is 21.3 Å². The molecule has 0 unspecified atom stereocenters. The van der Waals surface area contributed by atoms with Crippen LogP contribution in [0.1, 0.15) is 65.2 Å². The van der Waals surface area contributed by atoms with E-state index in [2.05, 4.69) is 35.1 Å². The molecule has 22 heavy (non-hydrogen) atoms. The van der Waals surface area contributed by atoms with Crippen LogP contribution in [0.25, 0.3) is 0 Å². The first-order valence-electron chi connectivity index (χ1n) is 8.74. The van der Waals surface area contributed by atoms with Gasteiger partial charge in [0.05, 0.1) is 0 Å². The lowest BCUT2D eigenvalue weighted by Gasteiger charge is -2.31. The second-order valence-corrected chi connectivity index (χ2v) is 6.87. The highest BCUT2D eigenvalue weighted by Crippen LogP contribution is 2.18. The highest BCUT2D eigenvalue weighted by molar-refractivity contribution is 7.80. The molecule has 1 fully saturated rings. The largest absolute Gasteiger partial charge is 0.363 e. The molecule has 0 spiro atoms. The number of hydrogen-bond donors (Lipinski definition) is 4. The van der Waals surface area contributed by atoms with Gasteiger partial charge in [-0.15, -0.1) is 0 Å². The molecular weight excluding hydrogens is 312 g/mol. The average Bonchev–Trinajstić information content (AvgIpc) is 2.50. The van der Waals surface area contributed by atoms with Crippen LogP contribution in [-0.2, 0) is 0 Å². The summed E-state index contributed by atoms with van der Waals surface area (Å²) < 4.78 is 0. The monoisotopic (exact) mass is 344 g/mol. The summed E-state index contributed by atoms with van der Waals surface area (Å²) in [6.45, 7) is 6.32. The maximum atomic E-state index is 5.34. The maximum absolute atomic E-state index is 5.34. The van der Waals surface area contributed by atoms with Crippen molar-refractivity contribution in [1.82, 2.24) is 21.3 Å². The SMILES string of the molecule is CCCCNC(=S)NC1CCC(NC(=S)NCCCC)CC1. The molecule has 1 rings (SSSR count). The van der Waals surface area contributed by atoms with Crippen LogP contribution in [0.3, 0.4) is 0 Å². The quantitative estimate of drug-likeness (QED) is 0.401. The molecule has 6 heteroatoms. The van der Waals surface area contributed by atoms with E-state index in [0.29, 0.717) is 12.1 Å². The second kappa shape index (κ2) is 11.9. The van der Waals surface area contributed by atoms with Crippen LogP contribution in [0.5, 0.6) is 0 Å². The van der Waals surface area contributed by atoms with Gasteiger partial charge in [-0.1, -0.05) is 26.7 Å². The predicted octanol–water partition coefficient (Wildman–Crippen LogP) is 2.83. The third-order valence-corrected chi connectivity index (χ3v) is 4.55. The molecule has 0 heterocycles. The summed E-state index contributed by atoms with van der Waals surface area (Å²) in [6, 6.07) is 1.00. The van der Waals surface area contributed by atoms with Crippen molar-refractivity contribution >= 4 is 34.7 Å². The Kier molecular flexibility index (Phi) is 10.5. The number of unbranched alkanes of at least 4 members (excludes halogenated alkanes) is 2. The van der Waals surface area contributed by atoms with Crippen LogP contribution in [0.15, 0.2) is 0 Å². The Labute approximate surface area is 146 Å². The molecule has 0 aromatic heterocycles. The van der Waals surface area contributed by atoms with Gasteiger partial charge in [-0.25, -0.2) is 0 Å². The zero-order chi connectivity index (χ0) is 16.2. The molecule has 0 atom stereocenters. The Hall–Kier alpha value is -0.620. The van der Waals surface area contributed by atoms with Crippen LogP contribution in [0.4, 0.5) is 0 Å². The van der Waals surface area contributed by atoms with Crippen LogP contribution in [-0.4, -0.2) is 35.4 Å². The van der Waals surface area contributed by atoms with Crippen LogP contribution in [0, 0.1) is 0 Å². The van der Waals surface area contributed by atoms with Gasteiger partial charge in [0.15, 0.2) is 10.2 Å². The van der Waals surface area contributed by atoms with Gasteiger partial charge < -0.3 is 21.3 Å². The van der Waals surface area contributed by atoms with Crippen molar-refractivity contribution in [2.24, 2.45) is 0 Å². The van der Waals surface area contributed by atoms with Crippen LogP contribution >= 0.6 is 24.4 Å². The molecule has 0 radical (unpaired) electrons. The van der Waals surface area contributed by atoms with Crippen molar-refractivity contribution in [3.63, 3.8) is 0 Å². The van der Waals surface area contributed by atoms with Gasteiger partial charge in [0.25, 0.3) is 0 Å². The van der Waals surface area contributed by atoms with Crippen molar-refractivity contribution in [3.8, 4) is 0 Å². The Morgan fingerprint density at radius 1 is 0.773 bits per heavy atom. The van der Waals surface area contributed by atoms with Crippen molar-refractivity contribution in [2.45, 2.75) is 77.3 Å². The summed E-state index contributed by atoms with van der Waals surface area (Å²) in [6.07, 6.45) is 9.30. The Balaban J connectivity index is 2.12. The van der Waals surface area contributed by atoms with E-state index in [0.717, 1.165) is 49.0 Å². The van der Waals surface area contributed by atoms with E-state index in [1.165, 1.54) is 25.7 Å². The van der Waals surface area contributed by atoms with Crippen molar-refractivity contribution in [2.75, 3.05) is 13.1 Å². The molecule has 0 saturated heterocycles. The molecular formula is C16H32N4S2. The molecule has 4 N–H and O–H groups in total. The van der Waals surface area contributed by atoms with Gasteiger partial charge in [-0.05, 0) is 63.0 Å². The number of nitrogens with one attached hydrogen (secondary N) is 4. The third-order valence-electron chi connectivity index (χ3n) is 4.03. The van der Waals surface area contributed by atoms with Gasteiger partial charge in [-0.3, -0.25) is 0 Å². The fraction of sp³-hybridized carbons (Fsp3) is 0.875. The minimum Gasteiger partial charge on any atom is -0.363 e. The normalized spacial score (nSPS) is 21.0. The first-order chi connectivity index (χ1) is 10.7. The minimum atomic E-state index is 0.501. The summed E-state index contributed by atoms with van der Waals surface area (Å²) in [7, 11) is 0. The van der Waals surface area contributed by atoms with Crippen molar-refractivity contribution in [1.29, 1.82) is 0 Å². The standard InChI is InChI=1S/C16H32N4S2/c1-3-5-11-17-15(21)19-13-7-9-14(10-8-13)20-16(22)18-12-6-4-2/h13-14H,3-12H2,1-2H3,(H2,17,19,21)(H2,18,20,22). The maximum Gasteiger partial charge on any atom is 0.166 e. The molecule has 1 aliphatic rings. The number of thiocarbonyl (C=S) groups is 2. The average molecular weight is 345 g/mol. The van der Waals surface area contributed by atoms with Gasteiger partial charge in [0.1, 0.15) is 0 Å². The van der Waals surface area contributed by atoms with E-state index in [9.17, 15) is 0 Å². The molecule has 0 bridgehead atoms. The second-order valence-electron chi connectivity index (χ2n) is 6.06. The van der Waals surface area contributed by atoms with E-state index in [1.54, 1.807) is 0 Å². The Bertz CT molecular complexity index is 296. The number of hydrogen-bond acceptors (Lipinski definition) is 2. The zero-order valence-electron chi connectivity index (χ0n) is 14.0. The highest BCUT2D eigenvalue weighted by atomic mass is 32.1. The first-order valence-corrected chi connectivity index (χ1v) is 9.56. The summed E-state index contributed by atoms with van der Waals surface area (Å²) in [4.78, 5) is 0. The van der Waals surface area contributed by atoms with Crippen molar-refractivity contribution in [3.05, 3.63) is 0 Å². The molecule has 0 aromatic carbocycles. The van der Waals surface area contributed by atoms with E-state index in [4.69, 9.17) is 24.4 Å². The number of rotatable bonds is 8. The van der Waals surface area contributed by atoms with Crippen molar-refractivity contribution < 1.29 is 0 Å².